The first-order valence-corrected chi connectivity index (χ1v) is 8.03. The van der Waals surface area contributed by atoms with Crippen molar-refractivity contribution in [2.24, 2.45) is 0 Å². The molecule has 0 aliphatic rings. The number of benzene rings is 1. The summed E-state index contributed by atoms with van der Waals surface area (Å²) < 4.78 is 5.59. The van der Waals surface area contributed by atoms with Gasteiger partial charge in [-0.15, -0.1) is 0 Å². The Morgan fingerprint density at radius 3 is 2.19 bits per heavy atom. The zero-order valence-corrected chi connectivity index (χ0v) is 14.2. The van der Waals surface area contributed by atoms with E-state index in [4.69, 9.17) is 4.74 Å². The monoisotopic (exact) mass is 291 g/mol. The van der Waals surface area contributed by atoms with E-state index in [0.29, 0.717) is 13.2 Å². The predicted molar refractivity (Wildman–Crippen MR) is 88.4 cm³/mol. The number of hydrogen-bond donors (Lipinski definition) is 0. The van der Waals surface area contributed by atoms with Crippen LogP contribution in [0.5, 0.6) is 5.75 Å². The fraction of sp³-hybridized carbons (Fsp3) is 0.611. The second kappa shape index (κ2) is 8.83. The Hall–Kier alpha value is -1.35. The molecule has 0 radical (unpaired) electrons. The van der Waals surface area contributed by atoms with Crippen molar-refractivity contribution >= 4 is 5.78 Å². The summed E-state index contributed by atoms with van der Waals surface area (Å²) in [5, 5.41) is 0. The second-order valence-electron chi connectivity index (χ2n) is 5.49. The van der Waals surface area contributed by atoms with Gasteiger partial charge in [-0.3, -0.25) is 9.69 Å². The van der Waals surface area contributed by atoms with Crippen molar-refractivity contribution in [3.8, 4) is 5.75 Å². The minimum absolute atomic E-state index is 0.209. The lowest BCUT2D eigenvalue weighted by Crippen LogP contribution is -2.31. The SMILES string of the molecule is CCCN(CCC)CC(=O)c1ccc(OCC)c(C)c1C. The van der Waals surface area contributed by atoms with Crippen LogP contribution in [-0.4, -0.2) is 36.9 Å². The molecule has 0 saturated heterocycles. The third kappa shape index (κ3) is 4.85. The van der Waals surface area contributed by atoms with E-state index >= 15 is 0 Å². The standard InChI is InChI=1S/C18H29NO2/c1-6-11-19(12-7-2)13-17(20)16-9-10-18(21-8-3)15(5)14(16)4/h9-10H,6-8,11-13H2,1-5H3. The van der Waals surface area contributed by atoms with Crippen LogP contribution in [0.3, 0.4) is 0 Å². The van der Waals surface area contributed by atoms with E-state index in [1.54, 1.807) is 0 Å². The molecular formula is C18H29NO2. The van der Waals surface area contributed by atoms with Gasteiger partial charge in [-0.1, -0.05) is 13.8 Å². The molecular weight excluding hydrogens is 262 g/mol. The molecule has 3 nitrogen and oxygen atoms in total. The molecule has 1 aromatic carbocycles. The Morgan fingerprint density at radius 2 is 1.67 bits per heavy atom. The van der Waals surface area contributed by atoms with Crippen molar-refractivity contribution in [1.29, 1.82) is 0 Å². The van der Waals surface area contributed by atoms with Gasteiger partial charge >= 0.3 is 0 Å². The molecule has 0 amide bonds. The normalized spacial score (nSPS) is 11.0. The molecule has 1 aromatic rings. The number of rotatable bonds is 9. The van der Waals surface area contributed by atoms with E-state index in [-0.39, 0.29) is 5.78 Å². The Morgan fingerprint density at radius 1 is 1.05 bits per heavy atom. The first kappa shape index (κ1) is 17.7. The molecule has 0 bridgehead atoms. The third-order valence-electron chi connectivity index (χ3n) is 3.78. The maximum Gasteiger partial charge on any atom is 0.177 e. The van der Waals surface area contributed by atoms with Gasteiger partial charge in [0.15, 0.2) is 5.78 Å². The highest BCUT2D eigenvalue weighted by Crippen LogP contribution is 2.24. The van der Waals surface area contributed by atoms with Crippen LogP contribution in [0.15, 0.2) is 12.1 Å². The minimum atomic E-state index is 0.209. The van der Waals surface area contributed by atoms with Crippen LogP contribution in [0.2, 0.25) is 0 Å². The highest BCUT2D eigenvalue weighted by molar-refractivity contribution is 5.99. The Labute approximate surface area is 129 Å². The van der Waals surface area contributed by atoms with Gasteiger partial charge in [0.1, 0.15) is 5.75 Å². The Balaban J connectivity index is 2.89. The lowest BCUT2D eigenvalue weighted by molar-refractivity contribution is 0.0930. The van der Waals surface area contributed by atoms with Crippen molar-refractivity contribution < 1.29 is 9.53 Å². The molecule has 0 unspecified atom stereocenters. The molecule has 0 aliphatic carbocycles. The van der Waals surface area contributed by atoms with Crippen LogP contribution in [0.4, 0.5) is 0 Å². The van der Waals surface area contributed by atoms with Crippen molar-refractivity contribution in [2.45, 2.75) is 47.5 Å². The number of ketones is 1. The van der Waals surface area contributed by atoms with Gasteiger partial charge in [0.05, 0.1) is 13.2 Å². The van der Waals surface area contributed by atoms with Crippen LogP contribution < -0.4 is 4.74 Å². The van der Waals surface area contributed by atoms with E-state index in [9.17, 15) is 4.79 Å². The zero-order valence-electron chi connectivity index (χ0n) is 14.2. The molecule has 0 N–H and O–H groups in total. The van der Waals surface area contributed by atoms with Crippen LogP contribution in [0, 0.1) is 13.8 Å². The van der Waals surface area contributed by atoms with Gasteiger partial charge in [0, 0.05) is 5.56 Å². The van der Waals surface area contributed by atoms with Gasteiger partial charge in [-0.05, 0) is 70.0 Å². The molecule has 21 heavy (non-hydrogen) atoms. The third-order valence-corrected chi connectivity index (χ3v) is 3.78. The molecule has 0 aromatic heterocycles. The van der Waals surface area contributed by atoms with E-state index in [0.717, 1.165) is 48.4 Å². The van der Waals surface area contributed by atoms with E-state index in [2.05, 4.69) is 18.7 Å². The summed E-state index contributed by atoms with van der Waals surface area (Å²) >= 11 is 0. The Bertz CT molecular complexity index is 463. The predicted octanol–water partition coefficient (Wildman–Crippen LogP) is 4.01. The summed E-state index contributed by atoms with van der Waals surface area (Å²) in [6.45, 7) is 13.4. The number of hydrogen-bond acceptors (Lipinski definition) is 3. The summed E-state index contributed by atoms with van der Waals surface area (Å²) in [6.07, 6.45) is 2.16. The van der Waals surface area contributed by atoms with Gasteiger partial charge in [0.25, 0.3) is 0 Å². The quantitative estimate of drug-likeness (QED) is 0.644. The smallest absolute Gasteiger partial charge is 0.177 e. The number of Topliss-reactive ketones (excluding diaryl/α,β-unsaturated/α-hetero) is 1. The van der Waals surface area contributed by atoms with Crippen LogP contribution in [0.1, 0.15) is 55.1 Å². The largest absolute Gasteiger partial charge is 0.494 e. The molecule has 0 atom stereocenters. The molecule has 0 heterocycles. The Kier molecular flexibility index (Phi) is 7.44. The summed E-state index contributed by atoms with van der Waals surface area (Å²) in [5.74, 6) is 1.09. The average Bonchev–Trinajstić information content (AvgIpc) is 2.44. The molecule has 118 valence electrons. The van der Waals surface area contributed by atoms with E-state index in [1.165, 1.54) is 0 Å². The van der Waals surface area contributed by atoms with Gasteiger partial charge < -0.3 is 4.74 Å². The van der Waals surface area contributed by atoms with Crippen molar-refractivity contribution in [3.63, 3.8) is 0 Å². The van der Waals surface area contributed by atoms with Crippen molar-refractivity contribution in [3.05, 3.63) is 28.8 Å². The lowest BCUT2D eigenvalue weighted by atomic mass is 9.99. The summed E-state index contributed by atoms with van der Waals surface area (Å²) in [7, 11) is 0. The minimum Gasteiger partial charge on any atom is -0.494 e. The highest BCUT2D eigenvalue weighted by Gasteiger charge is 2.16. The van der Waals surface area contributed by atoms with E-state index in [1.807, 2.05) is 32.9 Å². The maximum absolute atomic E-state index is 12.6. The lowest BCUT2D eigenvalue weighted by Gasteiger charge is -2.21. The fourth-order valence-electron chi connectivity index (χ4n) is 2.60. The van der Waals surface area contributed by atoms with E-state index < -0.39 is 0 Å². The molecule has 0 aliphatic heterocycles. The van der Waals surface area contributed by atoms with Crippen LogP contribution in [-0.2, 0) is 0 Å². The number of nitrogens with zero attached hydrogens (tertiary/aromatic N) is 1. The van der Waals surface area contributed by atoms with Gasteiger partial charge in [-0.2, -0.15) is 0 Å². The average molecular weight is 291 g/mol. The van der Waals surface area contributed by atoms with Gasteiger partial charge in [-0.25, -0.2) is 0 Å². The first-order valence-electron chi connectivity index (χ1n) is 8.03. The molecule has 0 saturated carbocycles. The van der Waals surface area contributed by atoms with Gasteiger partial charge in [0.2, 0.25) is 0 Å². The first-order chi connectivity index (χ1) is 10.0. The summed E-state index contributed by atoms with van der Waals surface area (Å²) in [6, 6.07) is 3.83. The molecule has 3 heteroatoms. The summed E-state index contributed by atoms with van der Waals surface area (Å²) in [4.78, 5) is 14.8. The number of carbonyl (C=O) groups excluding carboxylic acids is 1. The zero-order chi connectivity index (χ0) is 15.8. The number of carbonyl (C=O) groups is 1. The summed E-state index contributed by atoms with van der Waals surface area (Å²) in [5.41, 5.74) is 2.94. The second-order valence-corrected chi connectivity index (χ2v) is 5.49. The maximum atomic E-state index is 12.6. The fourth-order valence-corrected chi connectivity index (χ4v) is 2.60. The molecule has 0 fully saturated rings. The van der Waals surface area contributed by atoms with Crippen molar-refractivity contribution in [1.82, 2.24) is 4.90 Å². The topological polar surface area (TPSA) is 29.5 Å². The van der Waals surface area contributed by atoms with Crippen molar-refractivity contribution in [2.75, 3.05) is 26.2 Å². The van der Waals surface area contributed by atoms with Crippen LogP contribution in [0.25, 0.3) is 0 Å². The molecule has 0 spiro atoms. The molecule has 1 rings (SSSR count). The van der Waals surface area contributed by atoms with Crippen LogP contribution >= 0.6 is 0 Å². The highest BCUT2D eigenvalue weighted by atomic mass is 16.5. The number of ether oxygens (including phenoxy) is 1.